The van der Waals surface area contributed by atoms with Gasteiger partial charge in [-0.2, -0.15) is 0 Å². The van der Waals surface area contributed by atoms with Crippen LogP contribution in [0.1, 0.15) is 43.4 Å². The lowest BCUT2D eigenvalue weighted by Gasteiger charge is -2.09. The van der Waals surface area contributed by atoms with Crippen LogP contribution < -0.4 is 10.1 Å². The molecule has 1 N–H and O–H groups in total. The minimum Gasteiger partial charge on any atom is -0.493 e. The third-order valence-corrected chi connectivity index (χ3v) is 3.51. The number of hydrogen-bond donors (Lipinski definition) is 1. The summed E-state index contributed by atoms with van der Waals surface area (Å²) in [6.07, 6.45) is 3.51. The molecule has 23 heavy (non-hydrogen) atoms. The summed E-state index contributed by atoms with van der Waals surface area (Å²) in [6.45, 7) is 7.20. The molecule has 0 aliphatic rings. The number of aromatic nitrogens is 2. The average Bonchev–Trinajstić information content (AvgIpc) is 2.92. The number of carbonyl (C=O) groups is 1. The van der Waals surface area contributed by atoms with Gasteiger partial charge in [-0.1, -0.05) is 6.92 Å². The number of aryl methyl sites for hydroxylation is 1. The Morgan fingerprint density at radius 2 is 2.22 bits per heavy atom. The smallest absolute Gasteiger partial charge is 0.270 e. The number of imidazole rings is 1. The Morgan fingerprint density at radius 3 is 2.87 bits per heavy atom. The molecule has 0 radical (unpaired) electrons. The molecule has 6 heteroatoms. The number of carbonyl (C=O) groups excluding carboxylic acids is 1. The normalized spacial score (nSPS) is 11.2. The minimum absolute atomic E-state index is 0.118. The van der Waals surface area contributed by atoms with Gasteiger partial charge in [0.2, 0.25) is 0 Å². The van der Waals surface area contributed by atoms with Crippen LogP contribution in [-0.4, -0.2) is 41.7 Å². The molecule has 6 nitrogen and oxygen atoms in total. The lowest BCUT2D eigenvalue weighted by molar-refractivity contribution is 0.0756. The first-order valence-corrected chi connectivity index (χ1v) is 8.02. The zero-order valence-corrected chi connectivity index (χ0v) is 14.3. The summed E-state index contributed by atoms with van der Waals surface area (Å²) < 4.78 is 12.6. The third kappa shape index (κ3) is 4.01. The third-order valence-electron chi connectivity index (χ3n) is 3.51. The van der Waals surface area contributed by atoms with Crippen molar-refractivity contribution in [2.75, 3.05) is 20.3 Å². The van der Waals surface area contributed by atoms with Gasteiger partial charge in [0.25, 0.3) is 5.91 Å². The van der Waals surface area contributed by atoms with Gasteiger partial charge in [-0.25, -0.2) is 4.98 Å². The van der Waals surface area contributed by atoms with Crippen molar-refractivity contribution in [3.63, 3.8) is 0 Å². The number of hydrogen-bond acceptors (Lipinski definition) is 4. The van der Waals surface area contributed by atoms with Crippen LogP contribution in [0.3, 0.4) is 0 Å². The highest BCUT2D eigenvalue weighted by Gasteiger charge is 2.19. The van der Waals surface area contributed by atoms with E-state index in [4.69, 9.17) is 9.47 Å². The van der Waals surface area contributed by atoms with Crippen molar-refractivity contribution in [1.29, 1.82) is 0 Å². The van der Waals surface area contributed by atoms with E-state index in [0.717, 1.165) is 12.1 Å². The number of pyridine rings is 1. The molecule has 0 saturated heterocycles. The van der Waals surface area contributed by atoms with E-state index in [1.165, 1.54) is 0 Å². The first kappa shape index (κ1) is 17.3. The molecular formula is C17H25N3O3. The summed E-state index contributed by atoms with van der Waals surface area (Å²) in [6, 6.07) is 3.69. The molecule has 0 saturated carbocycles. The molecular weight excluding hydrogens is 294 g/mol. The van der Waals surface area contributed by atoms with Gasteiger partial charge in [0, 0.05) is 19.3 Å². The molecule has 2 rings (SSSR count). The number of rotatable bonds is 8. The van der Waals surface area contributed by atoms with Gasteiger partial charge in [0.1, 0.15) is 5.69 Å². The van der Waals surface area contributed by atoms with Crippen LogP contribution in [0, 0.1) is 0 Å². The fraction of sp³-hybridized carbons (Fsp3) is 0.529. The van der Waals surface area contributed by atoms with Crippen molar-refractivity contribution in [2.24, 2.45) is 0 Å². The fourth-order valence-electron chi connectivity index (χ4n) is 2.41. The average molecular weight is 319 g/mol. The number of nitrogens with zero attached hydrogens (tertiary/aromatic N) is 2. The first-order valence-electron chi connectivity index (χ1n) is 8.02. The van der Waals surface area contributed by atoms with E-state index in [1.54, 1.807) is 11.5 Å². The second-order valence-corrected chi connectivity index (χ2v) is 5.56. The van der Waals surface area contributed by atoms with Crippen LogP contribution in [0.25, 0.3) is 5.65 Å². The molecule has 0 aliphatic heterocycles. The Morgan fingerprint density at radius 1 is 1.43 bits per heavy atom. The Bertz CT molecular complexity index is 664. The predicted molar refractivity (Wildman–Crippen MR) is 89.2 cm³/mol. The van der Waals surface area contributed by atoms with Crippen LogP contribution in [0.2, 0.25) is 0 Å². The topological polar surface area (TPSA) is 64.9 Å². The summed E-state index contributed by atoms with van der Waals surface area (Å²) in [5.74, 6) is 0.540. The maximum absolute atomic E-state index is 12.5. The molecule has 0 atom stereocenters. The maximum Gasteiger partial charge on any atom is 0.270 e. The molecule has 0 aromatic carbocycles. The van der Waals surface area contributed by atoms with E-state index in [1.807, 2.05) is 39.1 Å². The number of ether oxygens (including phenoxy) is 2. The van der Waals surface area contributed by atoms with Gasteiger partial charge in [-0.3, -0.25) is 9.20 Å². The molecule has 2 aromatic heterocycles. The maximum atomic E-state index is 12.5. The SMILES string of the molecule is CCc1nc2c(OC)cccn2c1C(=O)NCCCOC(C)C. The lowest BCUT2D eigenvalue weighted by Crippen LogP contribution is -2.27. The molecule has 2 heterocycles. The van der Waals surface area contributed by atoms with E-state index in [9.17, 15) is 4.79 Å². The van der Waals surface area contributed by atoms with Gasteiger partial charge in [-0.15, -0.1) is 0 Å². The fourth-order valence-corrected chi connectivity index (χ4v) is 2.41. The number of fused-ring (bicyclic) bond motifs is 1. The Kier molecular flexibility index (Phi) is 5.98. The largest absolute Gasteiger partial charge is 0.493 e. The number of nitrogens with one attached hydrogen (secondary N) is 1. The predicted octanol–water partition coefficient (Wildman–Crippen LogP) is 2.45. The monoisotopic (exact) mass is 319 g/mol. The minimum atomic E-state index is -0.118. The Labute approximate surface area is 136 Å². The molecule has 126 valence electrons. The Hall–Kier alpha value is -2.08. The van der Waals surface area contributed by atoms with Crippen molar-refractivity contribution in [3.05, 3.63) is 29.7 Å². The molecule has 0 bridgehead atoms. The molecule has 0 fully saturated rings. The molecule has 0 spiro atoms. The quantitative estimate of drug-likeness (QED) is 0.759. The van der Waals surface area contributed by atoms with Crippen LogP contribution >= 0.6 is 0 Å². The molecule has 0 unspecified atom stereocenters. The summed E-state index contributed by atoms with van der Waals surface area (Å²) in [5, 5.41) is 2.94. The van der Waals surface area contributed by atoms with Crippen LogP contribution in [-0.2, 0) is 11.2 Å². The molecule has 1 amide bonds. The van der Waals surface area contributed by atoms with Gasteiger partial charge >= 0.3 is 0 Å². The first-order chi connectivity index (χ1) is 11.1. The van der Waals surface area contributed by atoms with E-state index < -0.39 is 0 Å². The van der Waals surface area contributed by atoms with Gasteiger partial charge in [0.15, 0.2) is 11.4 Å². The highest BCUT2D eigenvalue weighted by Crippen LogP contribution is 2.22. The summed E-state index contributed by atoms with van der Waals surface area (Å²) in [5.41, 5.74) is 2.01. The van der Waals surface area contributed by atoms with Crippen LogP contribution in [0.15, 0.2) is 18.3 Å². The zero-order valence-electron chi connectivity index (χ0n) is 14.3. The summed E-state index contributed by atoms with van der Waals surface area (Å²) in [7, 11) is 1.60. The van der Waals surface area contributed by atoms with Crippen molar-refractivity contribution in [1.82, 2.24) is 14.7 Å². The Balaban J connectivity index is 2.13. The lowest BCUT2D eigenvalue weighted by atomic mass is 10.2. The zero-order chi connectivity index (χ0) is 16.8. The standard InChI is InChI=1S/C17H25N3O3/c1-5-13-15(17(21)18-9-7-11-23-12(2)3)20-10-6-8-14(22-4)16(20)19-13/h6,8,10,12H,5,7,9,11H2,1-4H3,(H,18,21). The van der Waals surface area contributed by atoms with Crippen molar-refractivity contribution in [2.45, 2.75) is 39.7 Å². The summed E-state index contributed by atoms with van der Waals surface area (Å²) >= 11 is 0. The van der Waals surface area contributed by atoms with E-state index in [2.05, 4.69) is 10.3 Å². The van der Waals surface area contributed by atoms with Crippen LogP contribution in [0.5, 0.6) is 5.75 Å². The van der Waals surface area contributed by atoms with Gasteiger partial charge in [0.05, 0.1) is 18.9 Å². The van der Waals surface area contributed by atoms with E-state index in [0.29, 0.717) is 36.7 Å². The van der Waals surface area contributed by atoms with Crippen LogP contribution in [0.4, 0.5) is 0 Å². The molecule has 2 aromatic rings. The number of methoxy groups -OCH3 is 1. The molecule has 0 aliphatic carbocycles. The number of amides is 1. The highest BCUT2D eigenvalue weighted by molar-refractivity contribution is 5.95. The second kappa shape index (κ2) is 7.97. The van der Waals surface area contributed by atoms with Crippen molar-refractivity contribution in [3.8, 4) is 5.75 Å². The van der Waals surface area contributed by atoms with Crippen molar-refractivity contribution >= 4 is 11.6 Å². The second-order valence-electron chi connectivity index (χ2n) is 5.56. The van der Waals surface area contributed by atoms with Gasteiger partial charge < -0.3 is 14.8 Å². The van der Waals surface area contributed by atoms with Gasteiger partial charge in [-0.05, 0) is 38.8 Å². The highest BCUT2D eigenvalue weighted by atomic mass is 16.5. The summed E-state index contributed by atoms with van der Waals surface area (Å²) in [4.78, 5) is 17.1. The van der Waals surface area contributed by atoms with E-state index in [-0.39, 0.29) is 12.0 Å². The van der Waals surface area contributed by atoms with Crippen molar-refractivity contribution < 1.29 is 14.3 Å². The van der Waals surface area contributed by atoms with E-state index >= 15 is 0 Å².